The Kier molecular flexibility index (Phi) is 10.6. The number of hydrogen-bond acceptors (Lipinski definition) is 4. The third-order valence-corrected chi connectivity index (χ3v) is 10.0. The molecule has 0 radical (unpaired) electrons. The molecular weight excluding hydrogens is 593 g/mol. The summed E-state index contributed by atoms with van der Waals surface area (Å²) >= 11 is 12.6. The lowest BCUT2D eigenvalue weighted by atomic mass is 10.1. The average Bonchev–Trinajstić information content (AvgIpc) is 3.47. The number of carbonyl (C=O) groups is 2. The molecule has 4 rings (SSSR count). The van der Waals surface area contributed by atoms with E-state index in [4.69, 9.17) is 23.2 Å². The number of rotatable bonds is 11. The molecule has 1 unspecified atom stereocenters. The predicted molar refractivity (Wildman–Crippen MR) is 168 cm³/mol. The summed E-state index contributed by atoms with van der Waals surface area (Å²) in [5.74, 6) is -0.776. The molecule has 1 atom stereocenters. The Labute approximate surface area is 258 Å². The van der Waals surface area contributed by atoms with Gasteiger partial charge < -0.3 is 10.2 Å². The first-order valence-corrected chi connectivity index (χ1v) is 16.4. The lowest BCUT2D eigenvalue weighted by Gasteiger charge is -2.34. The van der Waals surface area contributed by atoms with Gasteiger partial charge in [-0.05, 0) is 80.1 Å². The number of benzene rings is 3. The molecule has 1 N–H and O–H groups in total. The van der Waals surface area contributed by atoms with Crippen LogP contribution in [0.4, 0.5) is 5.69 Å². The summed E-state index contributed by atoms with van der Waals surface area (Å²) in [6, 6.07) is 17.7. The first kappa shape index (κ1) is 31.9. The highest BCUT2D eigenvalue weighted by Crippen LogP contribution is 2.30. The van der Waals surface area contributed by atoms with Crippen LogP contribution in [-0.4, -0.2) is 43.8 Å². The standard InChI is InChI=1S/C32H37Cl2N3O4S/c1-4-29(32(39)35-26-10-8-9-11-26)36(20-24-16-17-25(33)19-28(24)34)31(38)21-37(30-18-22(2)14-15-23(30)3)42(40,41)27-12-6-5-7-13-27/h5-7,12-19,26,29H,4,8-11,20-21H2,1-3H3,(H,35,39). The second kappa shape index (κ2) is 13.9. The number of halogens is 2. The fourth-order valence-electron chi connectivity index (χ4n) is 5.34. The summed E-state index contributed by atoms with van der Waals surface area (Å²) in [6.45, 7) is 5.03. The van der Waals surface area contributed by atoms with E-state index in [1.54, 1.807) is 42.5 Å². The van der Waals surface area contributed by atoms with Gasteiger partial charge in [-0.1, -0.05) is 79.4 Å². The van der Waals surface area contributed by atoms with Gasteiger partial charge >= 0.3 is 0 Å². The normalized spacial score (nSPS) is 14.4. The molecule has 0 bridgehead atoms. The minimum atomic E-state index is -4.14. The van der Waals surface area contributed by atoms with Gasteiger partial charge in [-0.2, -0.15) is 0 Å². The fraction of sp³-hybridized carbons (Fsp3) is 0.375. The van der Waals surface area contributed by atoms with Gasteiger partial charge in [0, 0.05) is 22.6 Å². The summed E-state index contributed by atoms with van der Waals surface area (Å²) < 4.78 is 29.2. The van der Waals surface area contributed by atoms with Gasteiger partial charge in [-0.3, -0.25) is 13.9 Å². The van der Waals surface area contributed by atoms with Crippen molar-refractivity contribution in [1.29, 1.82) is 0 Å². The largest absolute Gasteiger partial charge is 0.352 e. The van der Waals surface area contributed by atoms with E-state index in [1.165, 1.54) is 17.0 Å². The Bertz CT molecular complexity index is 1530. The van der Waals surface area contributed by atoms with E-state index in [9.17, 15) is 18.0 Å². The van der Waals surface area contributed by atoms with Gasteiger partial charge in [0.2, 0.25) is 11.8 Å². The van der Waals surface area contributed by atoms with Gasteiger partial charge in [-0.25, -0.2) is 8.42 Å². The monoisotopic (exact) mass is 629 g/mol. The second-order valence-corrected chi connectivity index (χ2v) is 13.5. The van der Waals surface area contributed by atoms with Crippen LogP contribution < -0.4 is 9.62 Å². The highest BCUT2D eigenvalue weighted by atomic mass is 35.5. The summed E-state index contributed by atoms with van der Waals surface area (Å²) in [7, 11) is -4.14. The molecule has 1 aliphatic rings. The number of sulfonamides is 1. The maximum atomic E-state index is 14.3. The fourth-order valence-corrected chi connectivity index (χ4v) is 7.30. The van der Waals surface area contributed by atoms with E-state index in [1.807, 2.05) is 32.9 Å². The molecule has 3 aromatic rings. The molecule has 0 aliphatic heterocycles. The quantitative estimate of drug-likeness (QED) is 0.256. The van der Waals surface area contributed by atoms with Crippen LogP contribution >= 0.6 is 23.2 Å². The lowest BCUT2D eigenvalue weighted by Crippen LogP contribution is -2.53. The van der Waals surface area contributed by atoms with Crippen molar-refractivity contribution in [2.24, 2.45) is 0 Å². The lowest BCUT2D eigenvalue weighted by molar-refractivity contribution is -0.140. The van der Waals surface area contributed by atoms with Gasteiger partial charge in [0.25, 0.3) is 10.0 Å². The van der Waals surface area contributed by atoms with Crippen molar-refractivity contribution < 1.29 is 18.0 Å². The van der Waals surface area contributed by atoms with Gasteiger partial charge in [-0.15, -0.1) is 0 Å². The molecule has 3 aromatic carbocycles. The Balaban J connectivity index is 1.76. The number of nitrogens with zero attached hydrogens (tertiary/aromatic N) is 2. The van der Waals surface area contributed by atoms with E-state index in [0.717, 1.165) is 35.6 Å². The molecule has 42 heavy (non-hydrogen) atoms. The predicted octanol–water partition coefficient (Wildman–Crippen LogP) is 6.67. The average molecular weight is 631 g/mol. The molecule has 1 aliphatic carbocycles. The zero-order valence-corrected chi connectivity index (χ0v) is 26.5. The van der Waals surface area contributed by atoms with Crippen LogP contribution in [0.1, 0.15) is 55.7 Å². The van der Waals surface area contributed by atoms with E-state index in [2.05, 4.69) is 5.32 Å². The van der Waals surface area contributed by atoms with Crippen molar-refractivity contribution in [3.8, 4) is 0 Å². The van der Waals surface area contributed by atoms with Crippen LogP contribution in [0.3, 0.4) is 0 Å². The number of hydrogen-bond donors (Lipinski definition) is 1. The number of aryl methyl sites for hydroxylation is 2. The Morgan fingerprint density at radius 3 is 2.31 bits per heavy atom. The van der Waals surface area contributed by atoms with Crippen LogP contribution in [0.25, 0.3) is 0 Å². The summed E-state index contributed by atoms with van der Waals surface area (Å²) in [6.07, 6.45) is 4.23. The van der Waals surface area contributed by atoms with Gasteiger partial charge in [0.1, 0.15) is 12.6 Å². The SMILES string of the molecule is CCC(C(=O)NC1CCCC1)N(Cc1ccc(Cl)cc1Cl)C(=O)CN(c1cc(C)ccc1C)S(=O)(=O)c1ccccc1. The van der Waals surface area contributed by atoms with Crippen LogP contribution in [0.15, 0.2) is 71.6 Å². The van der Waals surface area contributed by atoms with Crippen LogP contribution in [0, 0.1) is 13.8 Å². The molecule has 0 heterocycles. The molecule has 10 heteroatoms. The van der Waals surface area contributed by atoms with Crippen LogP contribution in [-0.2, 0) is 26.2 Å². The van der Waals surface area contributed by atoms with Crippen molar-refractivity contribution in [2.45, 2.75) is 76.4 Å². The third kappa shape index (κ3) is 7.46. The van der Waals surface area contributed by atoms with Crippen LogP contribution in [0.2, 0.25) is 10.0 Å². The molecule has 2 amide bonds. The summed E-state index contributed by atoms with van der Waals surface area (Å²) in [4.78, 5) is 29.4. The van der Waals surface area contributed by atoms with E-state index < -0.39 is 28.5 Å². The number of carbonyl (C=O) groups excluding carboxylic acids is 2. The van der Waals surface area contributed by atoms with Crippen molar-refractivity contribution in [1.82, 2.24) is 10.2 Å². The number of nitrogens with one attached hydrogen (secondary N) is 1. The second-order valence-electron chi connectivity index (χ2n) is 10.8. The Morgan fingerprint density at radius 2 is 1.67 bits per heavy atom. The van der Waals surface area contributed by atoms with Crippen molar-refractivity contribution >= 4 is 50.7 Å². The third-order valence-electron chi connectivity index (χ3n) is 7.69. The summed E-state index contributed by atoms with van der Waals surface area (Å²) in [5.41, 5.74) is 2.56. The van der Waals surface area contributed by atoms with Crippen LogP contribution in [0.5, 0.6) is 0 Å². The van der Waals surface area contributed by atoms with E-state index in [0.29, 0.717) is 33.3 Å². The maximum Gasteiger partial charge on any atom is 0.264 e. The molecule has 0 spiro atoms. The minimum Gasteiger partial charge on any atom is -0.352 e. The first-order valence-electron chi connectivity index (χ1n) is 14.2. The maximum absolute atomic E-state index is 14.3. The van der Waals surface area contributed by atoms with Crippen molar-refractivity contribution in [3.05, 3.63) is 93.5 Å². The number of anilines is 1. The molecule has 0 saturated heterocycles. The first-order chi connectivity index (χ1) is 20.0. The van der Waals surface area contributed by atoms with Crippen molar-refractivity contribution in [2.75, 3.05) is 10.8 Å². The minimum absolute atomic E-state index is 0.0114. The highest BCUT2D eigenvalue weighted by Gasteiger charge is 2.35. The zero-order chi connectivity index (χ0) is 30.4. The van der Waals surface area contributed by atoms with E-state index >= 15 is 0 Å². The smallest absolute Gasteiger partial charge is 0.264 e. The van der Waals surface area contributed by atoms with E-state index in [-0.39, 0.29) is 23.4 Å². The summed E-state index contributed by atoms with van der Waals surface area (Å²) in [5, 5.41) is 3.92. The Morgan fingerprint density at radius 1 is 0.976 bits per heavy atom. The number of amides is 2. The highest BCUT2D eigenvalue weighted by molar-refractivity contribution is 7.92. The molecule has 1 fully saturated rings. The topological polar surface area (TPSA) is 86.8 Å². The zero-order valence-electron chi connectivity index (χ0n) is 24.1. The molecule has 1 saturated carbocycles. The molecule has 7 nitrogen and oxygen atoms in total. The van der Waals surface area contributed by atoms with Gasteiger partial charge in [0.15, 0.2) is 0 Å². The van der Waals surface area contributed by atoms with Gasteiger partial charge in [0.05, 0.1) is 10.6 Å². The molecule has 0 aromatic heterocycles. The van der Waals surface area contributed by atoms with Crippen molar-refractivity contribution in [3.63, 3.8) is 0 Å². The Hall–Kier alpha value is -3.07. The molecule has 224 valence electrons. The molecular formula is C32H37Cl2N3O4S.